The first kappa shape index (κ1) is 25.7. The first-order valence-corrected chi connectivity index (χ1v) is 14.0. The minimum atomic E-state index is -9.84. The topological polar surface area (TPSA) is 52.8 Å². The number of benzene rings is 3. The average Bonchev–Trinajstić information content (AvgIpc) is 3.26. The molecule has 190 valence electrons. The van der Waals surface area contributed by atoms with Crippen LogP contribution in [0.15, 0.2) is 87.6 Å². The second-order valence-corrected chi connectivity index (χ2v) is 11.7. The molecule has 0 spiro atoms. The molecule has 3 aromatic carbocycles. The van der Waals surface area contributed by atoms with Crippen molar-refractivity contribution < 1.29 is 33.7 Å². The Labute approximate surface area is 208 Å². The number of carbonyl (C=O) groups excluding carboxylic acids is 1. The molecular weight excluding hydrogens is 570 g/mol. The number of ether oxygens (including phenoxy) is 2. The van der Waals surface area contributed by atoms with Gasteiger partial charge in [0, 0.05) is 0 Å². The van der Waals surface area contributed by atoms with Gasteiger partial charge in [-0.1, -0.05) is 0 Å². The molecule has 4 aromatic rings. The summed E-state index contributed by atoms with van der Waals surface area (Å²) in [4.78, 5) is 16.9. The van der Waals surface area contributed by atoms with Gasteiger partial charge in [-0.15, -0.1) is 0 Å². The second kappa shape index (κ2) is 8.65. The van der Waals surface area contributed by atoms with Crippen molar-refractivity contribution >= 4 is 30.6 Å². The van der Waals surface area contributed by atoms with E-state index in [1.807, 2.05) is 4.94 Å². The number of rotatable bonds is 6. The molecule has 12 heteroatoms. The first-order valence-electron chi connectivity index (χ1n) is 10.2. The summed E-state index contributed by atoms with van der Waals surface area (Å²) in [6, 6.07) is 15.8. The Hall–Kier alpha value is -3.34. The van der Waals surface area contributed by atoms with Gasteiger partial charge in [0.05, 0.1) is 0 Å². The zero-order valence-electron chi connectivity index (χ0n) is 18.8. The zero-order valence-corrected chi connectivity index (χ0v) is 21.4. The molecule has 5 nitrogen and oxygen atoms in total. The summed E-state index contributed by atoms with van der Waals surface area (Å²) in [5, 5.41) is 0. The molecule has 0 N–H and O–H groups in total. The van der Waals surface area contributed by atoms with Gasteiger partial charge in [0.15, 0.2) is 0 Å². The molecule has 0 saturated carbocycles. The predicted molar refractivity (Wildman–Crippen MR) is 129 cm³/mol. The van der Waals surface area contributed by atoms with Crippen LogP contribution < -0.4 is 13.8 Å². The van der Waals surface area contributed by atoms with Crippen LogP contribution >= 0.6 is 10.2 Å². The van der Waals surface area contributed by atoms with E-state index >= 15 is 0 Å². The van der Waals surface area contributed by atoms with Crippen LogP contribution in [0, 0.1) is 0 Å². The fourth-order valence-electron chi connectivity index (χ4n) is 3.34. The van der Waals surface area contributed by atoms with E-state index in [2.05, 4.69) is 4.99 Å². The van der Waals surface area contributed by atoms with Gasteiger partial charge in [0.2, 0.25) is 0 Å². The Morgan fingerprint density at radius 3 is 1.83 bits per heavy atom. The number of hydrogen-bond acceptors (Lipinski definition) is 3. The molecule has 1 amide bonds. The molecule has 0 aliphatic heterocycles. The fourth-order valence-corrected chi connectivity index (χ4v) is 5.88. The molecule has 0 bridgehead atoms. The van der Waals surface area contributed by atoms with Crippen molar-refractivity contribution in [2.24, 2.45) is 4.99 Å². The van der Waals surface area contributed by atoms with Gasteiger partial charge in [-0.3, -0.25) is 0 Å². The normalized spacial score (nSPS) is 14.1. The molecule has 0 unspecified atom stereocenters. The second-order valence-electron chi connectivity index (χ2n) is 7.58. The monoisotopic (exact) mass is 590 g/mol. The zero-order chi connectivity index (χ0) is 26.2. The van der Waals surface area contributed by atoms with Crippen molar-refractivity contribution in [3.63, 3.8) is 0 Å². The van der Waals surface area contributed by atoms with Crippen LogP contribution in [0.4, 0.5) is 19.4 Å². The van der Waals surface area contributed by atoms with E-state index in [9.17, 15) is 24.2 Å². The van der Waals surface area contributed by atoms with Gasteiger partial charge >= 0.3 is 209 Å². The molecule has 4 rings (SSSR count). The SMILES string of the molecule is COc1ccc(C(=O)N=c2[se]cc(-c3ccc(OC)cc3)n2-c2ccc(S(F)(F)(F)(F)F)cc2)cc1. The van der Waals surface area contributed by atoms with Crippen LogP contribution in [0.25, 0.3) is 16.9 Å². The quantitative estimate of drug-likeness (QED) is 0.188. The number of methoxy groups -OCH3 is 2. The molecule has 0 radical (unpaired) electrons. The third-order valence-electron chi connectivity index (χ3n) is 5.17. The summed E-state index contributed by atoms with van der Waals surface area (Å²) >= 11 is -0.476. The standard InChI is InChI=1S/C24H19F5N2O3SSe/c1-33-19-9-3-16(4-10-19)22-15-36-24(30-23(32)17-5-11-20(34-2)12-6-17)31(22)18-7-13-21(14-8-18)35(25,26,27,28)29/h3-15H,1-2H3. The van der Waals surface area contributed by atoms with E-state index < -0.39 is 35.5 Å². The molecule has 0 saturated heterocycles. The van der Waals surface area contributed by atoms with Gasteiger partial charge in [-0.05, 0) is 0 Å². The van der Waals surface area contributed by atoms with Gasteiger partial charge < -0.3 is 0 Å². The number of carbonyl (C=O) groups is 1. The van der Waals surface area contributed by atoms with Gasteiger partial charge in [-0.2, -0.15) is 0 Å². The Morgan fingerprint density at radius 1 is 0.806 bits per heavy atom. The maximum absolute atomic E-state index is 13.2. The molecule has 36 heavy (non-hydrogen) atoms. The number of amides is 1. The van der Waals surface area contributed by atoms with Gasteiger partial charge in [0.25, 0.3) is 0 Å². The third kappa shape index (κ3) is 5.56. The van der Waals surface area contributed by atoms with Crippen molar-refractivity contribution in [2.75, 3.05) is 14.2 Å². The van der Waals surface area contributed by atoms with Crippen molar-refractivity contribution in [2.45, 2.75) is 4.90 Å². The van der Waals surface area contributed by atoms with Crippen LogP contribution in [0.3, 0.4) is 0 Å². The van der Waals surface area contributed by atoms with Crippen LogP contribution in [-0.4, -0.2) is 39.2 Å². The van der Waals surface area contributed by atoms with E-state index in [0.29, 0.717) is 34.9 Å². The van der Waals surface area contributed by atoms with Crippen LogP contribution in [-0.2, 0) is 0 Å². The Morgan fingerprint density at radius 2 is 1.33 bits per heavy atom. The molecule has 0 fully saturated rings. The number of halogens is 5. The van der Waals surface area contributed by atoms with E-state index in [4.69, 9.17) is 9.47 Å². The van der Waals surface area contributed by atoms with E-state index in [0.717, 1.165) is 12.1 Å². The maximum atomic E-state index is 13.2. The van der Waals surface area contributed by atoms with Crippen molar-refractivity contribution in [3.05, 3.63) is 87.7 Å². The van der Waals surface area contributed by atoms with Crippen LogP contribution in [0.5, 0.6) is 11.5 Å². The van der Waals surface area contributed by atoms with E-state index in [1.54, 1.807) is 48.5 Å². The predicted octanol–water partition coefficient (Wildman–Crippen LogP) is 6.62. The van der Waals surface area contributed by atoms with Crippen molar-refractivity contribution in [1.82, 2.24) is 4.57 Å². The summed E-state index contributed by atoms with van der Waals surface area (Å²) in [6.07, 6.45) is 0. The molecule has 0 aliphatic carbocycles. The Bertz CT molecular complexity index is 1480. The summed E-state index contributed by atoms with van der Waals surface area (Å²) in [5.74, 6) is 0.587. The summed E-state index contributed by atoms with van der Waals surface area (Å²) in [5.41, 5.74) is 1.67. The molecule has 0 aliphatic rings. The first-order chi connectivity index (χ1) is 16.8. The van der Waals surface area contributed by atoms with E-state index in [-0.39, 0.29) is 15.6 Å². The molecular formula is C24H19F5N2O3SSe. The third-order valence-corrected chi connectivity index (χ3v) is 8.06. The molecule has 0 atom stereocenters. The van der Waals surface area contributed by atoms with Crippen LogP contribution in [0.1, 0.15) is 10.4 Å². The Kier molecular flexibility index (Phi) is 6.18. The van der Waals surface area contributed by atoms with Gasteiger partial charge in [0.1, 0.15) is 0 Å². The molecule has 1 heterocycles. The average molecular weight is 589 g/mol. The number of nitrogens with zero attached hydrogens (tertiary/aromatic N) is 2. The number of hydrogen-bond donors (Lipinski definition) is 0. The number of aromatic nitrogens is 1. The minimum absolute atomic E-state index is 0.156. The molecule has 1 aromatic heterocycles. The Balaban J connectivity index is 1.86. The van der Waals surface area contributed by atoms with Gasteiger partial charge in [-0.25, -0.2) is 0 Å². The summed E-state index contributed by atoms with van der Waals surface area (Å²) < 4.78 is 78.3. The van der Waals surface area contributed by atoms with E-state index in [1.165, 1.54) is 18.8 Å². The summed E-state index contributed by atoms with van der Waals surface area (Å²) in [6.45, 7) is 0. The van der Waals surface area contributed by atoms with Crippen molar-refractivity contribution in [3.8, 4) is 28.4 Å². The van der Waals surface area contributed by atoms with Crippen molar-refractivity contribution in [1.29, 1.82) is 0 Å². The fraction of sp³-hybridized carbons (Fsp3) is 0.0833. The summed E-state index contributed by atoms with van der Waals surface area (Å²) in [7, 11) is -6.84. The van der Waals surface area contributed by atoms with Crippen LogP contribution in [0.2, 0.25) is 0 Å².